The van der Waals surface area contributed by atoms with E-state index in [0.29, 0.717) is 48.1 Å². The highest BCUT2D eigenvalue weighted by Crippen LogP contribution is 2.30. The van der Waals surface area contributed by atoms with Crippen LogP contribution in [0.3, 0.4) is 0 Å². The van der Waals surface area contributed by atoms with Crippen molar-refractivity contribution < 1.29 is 17.9 Å². The highest BCUT2D eigenvalue weighted by molar-refractivity contribution is 7.89. The van der Waals surface area contributed by atoms with Gasteiger partial charge < -0.3 is 20.7 Å². The molecule has 1 amide bonds. The molecule has 1 aliphatic rings. The minimum Gasteiger partial charge on any atom is -0.444 e. The molecule has 1 heterocycles. The third kappa shape index (κ3) is 8.35. The molecule has 0 radical (unpaired) electrons. The summed E-state index contributed by atoms with van der Waals surface area (Å²) < 4.78 is 34.4. The van der Waals surface area contributed by atoms with Crippen LogP contribution in [0.2, 0.25) is 0 Å². The number of nitrogens with zero attached hydrogens (tertiary/aromatic N) is 2. The second-order valence-electron chi connectivity index (χ2n) is 12.4. The Morgan fingerprint density at radius 1 is 0.818 bits per heavy atom. The molecule has 3 aromatic carbocycles. The second-order valence-corrected chi connectivity index (χ2v) is 14.1. The number of carbonyl (C=O) groups excluding carboxylic acids is 1. The van der Waals surface area contributed by atoms with E-state index in [-0.39, 0.29) is 0 Å². The van der Waals surface area contributed by atoms with Gasteiger partial charge in [-0.15, -0.1) is 0 Å². The average Bonchev–Trinajstić information content (AvgIpc) is 3.00. The lowest BCUT2D eigenvalue weighted by atomic mass is 9.82. The van der Waals surface area contributed by atoms with Crippen LogP contribution in [-0.4, -0.2) is 56.3 Å². The van der Waals surface area contributed by atoms with Crippen LogP contribution in [0.5, 0.6) is 0 Å². The van der Waals surface area contributed by atoms with E-state index < -0.39 is 21.7 Å². The zero-order valence-corrected chi connectivity index (χ0v) is 26.4. The van der Waals surface area contributed by atoms with E-state index in [2.05, 4.69) is 20.7 Å². The summed E-state index contributed by atoms with van der Waals surface area (Å²) in [5.41, 5.74) is 0.283. The summed E-state index contributed by atoms with van der Waals surface area (Å²) in [5, 5.41) is 12.1. The Morgan fingerprint density at radius 3 is 2.23 bits per heavy atom. The molecule has 10 nitrogen and oxygen atoms in total. The lowest BCUT2D eigenvalue weighted by Gasteiger charge is -2.28. The molecular weight excluding hydrogens is 576 g/mol. The molecule has 1 saturated carbocycles. The Bertz CT molecular complexity index is 1690. The van der Waals surface area contributed by atoms with Crippen molar-refractivity contribution in [2.75, 3.05) is 36.8 Å². The van der Waals surface area contributed by atoms with E-state index in [0.717, 1.165) is 53.9 Å². The van der Waals surface area contributed by atoms with Crippen molar-refractivity contribution >= 4 is 49.6 Å². The lowest BCUT2D eigenvalue weighted by molar-refractivity contribution is 0.0530. The van der Waals surface area contributed by atoms with Gasteiger partial charge in [-0.2, -0.15) is 4.98 Å². The van der Waals surface area contributed by atoms with Gasteiger partial charge in [0.05, 0.1) is 10.4 Å². The smallest absolute Gasteiger partial charge is 0.407 e. The number of nitrogens with one attached hydrogen (secondary N) is 4. The van der Waals surface area contributed by atoms with E-state index in [9.17, 15) is 13.2 Å². The number of ether oxygens (including phenoxy) is 1. The second kappa shape index (κ2) is 13.8. The number of rotatable bonds is 11. The van der Waals surface area contributed by atoms with Crippen molar-refractivity contribution in [2.24, 2.45) is 11.8 Å². The number of sulfonamides is 1. The molecule has 4 aromatic rings. The van der Waals surface area contributed by atoms with Crippen LogP contribution < -0.4 is 20.7 Å². The summed E-state index contributed by atoms with van der Waals surface area (Å²) in [6.07, 6.45) is 3.47. The number of benzene rings is 3. The Balaban J connectivity index is 1.11. The summed E-state index contributed by atoms with van der Waals surface area (Å²) in [7, 11) is -3.60. The molecule has 44 heavy (non-hydrogen) atoms. The van der Waals surface area contributed by atoms with Crippen molar-refractivity contribution in [3.05, 3.63) is 66.7 Å². The zero-order valence-electron chi connectivity index (χ0n) is 25.6. The predicted octanol–water partition coefficient (Wildman–Crippen LogP) is 5.92. The Kier molecular flexibility index (Phi) is 9.85. The third-order valence-electron chi connectivity index (χ3n) is 7.81. The molecule has 0 unspecified atom stereocenters. The average molecular weight is 619 g/mol. The van der Waals surface area contributed by atoms with Crippen LogP contribution in [-0.2, 0) is 14.8 Å². The number of aromatic nitrogens is 2. The number of anilines is 2. The number of fused-ring (bicyclic) bond motifs is 2. The third-order valence-corrected chi connectivity index (χ3v) is 9.29. The van der Waals surface area contributed by atoms with Crippen LogP contribution in [0.4, 0.5) is 16.6 Å². The maximum Gasteiger partial charge on any atom is 0.407 e. The standard InChI is InChI=1S/C33H42N6O4S/c1-33(2,3)43-32(40)35-20-19-34-30-27-12-6-7-13-28(27)38-31(39-30)36-21-23-15-17-24(18-16-23)22-37-44(41,42)29-14-8-10-25-9-4-5-11-26(25)29/h4-14,23-24,37H,15-22H2,1-3H3,(H,35,40)(H2,34,36,38,39). The van der Waals surface area contributed by atoms with Gasteiger partial charge in [-0.1, -0.05) is 48.5 Å². The quantitative estimate of drug-likeness (QED) is 0.152. The summed E-state index contributed by atoms with van der Waals surface area (Å²) >= 11 is 0. The molecule has 1 aromatic heterocycles. The molecule has 0 aliphatic heterocycles. The number of hydrogen-bond acceptors (Lipinski definition) is 8. The van der Waals surface area contributed by atoms with Crippen LogP contribution >= 0.6 is 0 Å². The van der Waals surface area contributed by atoms with Gasteiger partial charge in [-0.25, -0.2) is 22.9 Å². The molecule has 4 N–H and O–H groups in total. The summed E-state index contributed by atoms with van der Waals surface area (Å²) in [5.74, 6) is 2.01. The summed E-state index contributed by atoms with van der Waals surface area (Å²) in [6, 6.07) is 20.8. The van der Waals surface area contributed by atoms with E-state index >= 15 is 0 Å². The van der Waals surface area contributed by atoms with Gasteiger partial charge in [0.2, 0.25) is 16.0 Å². The zero-order chi connectivity index (χ0) is 31.2. The fraction of sp³-hybridized carbons (Fsp3) is 0.424. The van der Waals surface area contributed by atoms with Gasteiger partial charge in [0.25, 0.3) is 0 Å². The molecule has 5 rings (SSSR count). The van der Waals surface area contributed by atoms with Gasteiger partial charge in [0.1, 0.15) is 11.4 Å². The van der Waals surface area contributed by atoms with E-state index in [1.54, 1.807) is 12.1 Å². The summed E-state index contributed by atoms with van der Waals surface area (Å²) in [6.45, 7) is 7.54. The number of hydrogen-bond donors (Lipinski definition) is 4. The molecule has 0 atom stereocenters. The normalized spacial score (nSPS) is 17.3. The molecule has 0 spiro atoms. The molecule has 234 valence electrons. The highest BCUT2D eigenvalue weighted by atomic mass is 32.2. The van der Waals surface area contributed by atoms with Crippen LogP contribution in [0.25, 0.3) is 21.7 Å². The first-order chi connectivity index (χ1) is 21.1. The first-order valence-corrected chi connectivity index (χ1v) is 16.7. The molecule has 1 fully saturated rings. The number of alkyl carbamates (subject to hydrolysis) is 1. The van der Waals surface area contributed by atoms with Gasteiger partial charge in [-0.05, 0) is 81.9 Å². The SMILES string of the molecule is CC(C)(C)OC(=O)NCCNc1nc(NCC2CCC(CNS(=O)(=O)c3cccc4ccccc34)CC2)nc2ccccc12. The number of carbonyl (C=O) groups is 1. The topological polar surface area (TPSA) is 134 Å². The number of amides is 1. The fourth-order valence-corrected chi connectivity index (χ4v) is 6.90. The van der Waals surface area contributed by atoms with Gasteiger partial charge in [0, 0.05) is 37.0 Å². The lowest BCUT2D eigenvalue weighted by Crippen LogP contribution is -2.35. The van der Waals surface area contributed by atoms with Crippen LogP contribution in [0.1, 0.15) is 46.5 Å². The van der Waals surface area contributed by atoms with Crippen molar-refractivity contribution in [3.63, 3.8) is 0 Å². The monoisotopic (exact) mass is 618 g/mol. The minimum atomic E-state index is -3.60. The first-order valence-electron chi connectivity index (χ1n) is 15.3. The van der Waals surface area contributed by atoms with E-state index in [1.165, 1.54) is 0 Å². The van der Waals surface area contributed by atoms with Gasteiger partial charge in [0.15, 0.2) is 0 Å². The molecule has 0 saturated heterocycles. The molecular formula is C33H42N6O4S. The largest absolute Gasteiger partial charge is 0.444 e. The Hall–Kier alpha value is -3.96. The molecule has 1 aliphatic carbocycles. The fourth-order valence-electron chi connectivity index (χ4n) is 5.56. The van der Waals surface area contributed by atoms with Gasteiger partial charge >= 0.3 is 6.09 Å². The number of para-hydroxylation sites is 1. The van der Waals surface area contributed by atoms with E-state index in [1.807, 2.05) is 75.4 Å². The Labute approximate surface area is 259 Å². The van der Waals surface area contributed by atoms with Crippen molar-refractivity contribution in [1.29, 1.82) is 0 Å². The van der Waals surface area contributed by atoms with Crippen LogP contribution in [0.15, 0.2) is 71.6 Å². The van der Waals surface area contributed by atoms with Crippen molar-refractivity contribution in [2.45, 2.75) is 57.0 Å². The highest BCUT2D eigenvalue weighted by Gasteiger charge is 2.24. The summed E-state index contributed by atoms with van der Waals surface area (Å²) in [4.78, 5) is 21.7. The van der Waals surface area contributed by atoms with Gasteiger partial charge in [-0.3, -0.25) is 0 Å². The molecule has 0 bridgehead atoms. The Morgan fingerprint density at radius 2 is 1.48 bits per heavy atom. The maximum atomic E-state index is 13.1. The van der Waals surface area contributed by atoms with E-state index in [4.69, 9.17) is 14.7 Å². The first kappa shape index (κ1) is 31.5. The molecule has 11 heteroatoms. The van der Waals surface area contributed by atoms with Crippen LogP contribution in [0, 0.1) is 11.8 Å². The minimum absolute atomic E-state index is 0.304. The predicted molar refractivity (Wildman–Crippen MR) is 175 cm³/mol. The van der Waals surface area contributed by atoms with Crippen molar-refractivity contribution in [3.8, 4) is 0 Å². The van der Waals surface area contributed by atoms with Crippen molar-refractivity contribution in [1.82, 2.24) is 20.0 Å². The maximum absolute atomic E-state index is 13.1.